The first-order valence-corrected chi connectivity index (χ1v) is 8.36. The van der Waals surface area contributed by atoms with Gasteiger partial charge in [0.25, 0.3) is 0 Å². The predicted octanol–water partition coefficient (Wildman–Crippen LogP) is 3.83. The highest BCUT2D eigenvalue weighted by molar-refractivity contribution is 7.98. The van der Waals surface area contributed by atoms with Gasteiger partial charge in [0.05, 0.1) is 5.69 Å². The second-order valence-electron chi connectivity index (χ2n) is 5.46. The third kappa shape index (κ3) is 2.56. The molecule has 4 rings (SSSR count). The van der Waals surface area contributed by atoms with Gasteiger partial charge in [0.1, 0.15) is 11.0 Å². The third-order valence-electron chi connectivity index (χ3n) is 3.67. The summed E-state index contributed by atoms with van der Waals surface area (Å²) < 4.78 is 2.37. The van der Waals surface area contributed by atoms with Crippen LogP contribution in [0.5, 0.6) is 0 Å². The molecule has 2 saturated carbocycles. The van der Waals surface area contributed by atoms with Crippen molar-refractivity contribution >= 4 is 23.4 Å². The predicted molar refractivity (Wildman–Crippen MR) is 79.1 cm³/mol. The normalized spacial score (nSPS) is 18.4. The molecular formula is C14H15ClN4S. The van der Waals surface area contributed by atoms with Crippen LogP contribution in [0.3, 0.4) is 0 Å². The van der Waals surface area contributed by atoms with Gasteiger partial charge in [0.15, 0.2) is 5.16 Å². The van der Waals surface area contributed by atoms with E-state index in [-0.39, 0.29) is 0 Å². The molecule has 2 aromatic heterocycles. The van der Waals surface area contributed by atoms with Crippen molar-refractivity contribution in [2.45, 2.75) is 48.6 Å². The van der Waals surface area contributed by atoms with E-state index in [9.17, 15) is 0 Å². The van der Waals surface area contributed by atoms with Crippen molar-refractivity contribution in [3.63, 3.8) is 0 Å². The Hall–Kier alpha value is -1.07. The van der Waals surface area contributed by atoms with E-state index < -0.39 is 0 Å². The standard InChI is InChI=1S/C14H15ClN4S/c15-12-3-1-2-10(16-12)8-20-14-18-17-13(9-4-5-9)19(14)11-6-7-11/h1-3,9,11H,4-8H2. The SMILES string of the molecule is Clc1cccc(CSc2nnc(C3CC3)n2C2CC2)n1. The molecule has 20 heavy (non-hydrogen) atoms. The first-order chi connectivity index (χ1) is 9.81. The molecule has 2 aliphatic rings. The topological polar surface area (TPSA) is 43.6 Å². The molecule has 0 atom stereocenters. The first kappa shape index (κ1) is 12.7. The smallest absolute Gasteiger partial charge is 0.191 e. The molecule has 0 amide bonds. The zero-order chi connectivity index (χ0) is 13.5. The Balaban J connectivity index is 1.53. The Labute approximate surface area is 127 Å². The zero-order valence-electron chi connectivity index (χ0n) is 11.0. The third-order valence-corrected chi connectivity index (χ3v) is 4.85. The van der Waals surface area contributed by atoms with E-state index in [2.05, 4.69) is 19.7 Å². The molecular weight excluding hydrogens is 292 g/mol. The lowest BCUT2D eigenvalue weighted by Gasteiger charge is -2.07. The largest absolute Gasteiger partial charge is 0.303 e. The van der Waals surface area contributed by atoms with Gasteiger partial charge in [0.2, 0.25) is 0 Å². The van der Waals surface area contributed by atoms with Crippen LogP contribution < -0.4 is 0 Å². The molecule has 0 spiro atoms. The van der Waals surface area contributed by atoms with E-state index in [0.29, 0.717) is 17.1 Å². The average Bonchev–Trinajstić information content (AvgIpc) is 3.35. The molecule has 6 heteroatoms. The van der Waals surface area contributed by atoms with Gasteiger partial charge in [-0.15, -0.1) is 10.2 Å². The number of pyridine rings is 1. The van der Waals surface area contributed by atoms with Gasteiger partial charge in [-0.25, -0.2) is 4.98 Å². The number of thioether (sulfide) groups is 1. The lowest BCUT2D eigenvalue weighted by atomic mass is 10.4. The van der Waals surface area contributed by atoms with Crippen molar-refractivity contribution in [1.82, 2.24) is 19.7 Å². The van der Waals surface area contributed by atoms with Gasteiger partial charge in [0, 0.05) is 17.7 Å². The van der Waals surface area contributed by atoms with Crippen molar-refractivity contribution in [1.29, 1.82) is 0 Å². The molecule has 2 aromatic rings. The lowest BCUT2D eigenvalue weighted by molar-refractivity contribution is 0.627. The Morgan fingerprint density at radius 2 is 2.05 bits per heavy atom. The van der Waals surface area contributed by atoms with E-state index in [1.54, 1.807) is 17.8 Å². The molecule has 104 valence electrons. The van der Waals surface area contributed by atoms with Crippen LogP contribution in [0.1, 0.15) is 49.2 Å². The van der Waals surface area contributed by atoms with E-state index in [1.165, 1.54) is 31.5 Å². The van der Waals surface area contributed by atoms with Crippen molar-refractivity contribution in [3.05, 3.63) is 34.9 Å². The van der Waals surface area contributed by atoms with E-state index in [4.69, 9.17) is 11.6 Å². The van der Waals surface area contributed by atoms with E-state index in [1.807, 2.05) is 12.1 Å². The molecule has 0 aromatic carbocycles. The Morgan fingerprint density at radius 1 is 1.20 bits per heavy atom. The number of halogens is 1. The van der Waals surface area contributed by atoms with Crippen molar-refractivity contribution in [2.24, 2.45) is 0 Å². The minimum Gasteiger partial charge on any atom is -0.303 e. The molecule has 0 bridgehead atoms. The van der Waals surface area contributed by atoms with Gasteiger partial charge in [-0.05, 0) is 37.8 Å². The van der Waals surface area contributed by atoms with Crippen molar-refractivity contribution in [2.75, 3.05) is 0 Å². The maximum atomic E-state index is 5.92. The highest BCUT2D eigenvalue weighted by Crippen LogP contribution is 2.46. The zero-order valence-corrected chi connectivity index (χ0v) is 12.6. The van der Waals surface area contributed by atoms with Crippen LogP contribution >= 0.6 is 23.4 Å². The summed E-state index contributed by atoms with van der Waals surface area (Å²) in [6, 6.07) is 6.37. The van der Waals surface area contributed by atoms with Crippen LogP contribution in [-0.2, 0) is 5.75 Å². The minimum absolute atomic E-state index is 0.547. The van der Waals surface area contributed by atoms with Crippen LogP contribution in [0, 0.1) is 0 Å². The fraction of sp³-hybridized carbons (Fsp3) is 0.500. The molecule has 0 unspecified atom stereocenters. The van der Waals surface area contributed by atoms with Crippen LogP contribution in [0.15, 0.2) is 23.4 Å². The van der Waals surface area contributed by atoms with Crippen molar-refractivity contribution in [3.8, 4) is 0 Å². The maximum absolute atomic E-state index is 5.92. The first-order valence-electron chi connectivity index (χ1n) is 7.00. The molecule has 2 heterocycles. The van der Waals surface area contributed by atoms with E-state index >= 15 is 0 Å². The number of hydrogen-bond donors (Lipinski definition) is 0. The Kier molecular flexibility index (Phi) is 3.19. The fourth-order valence-corrected chi connectivity index (χ4v) is 3.45. The minimum atomic E-state index is 0.547. The summed E-state index contributed by atoms with van der Waals surface area (Å²) in [6.07, 6.45) is 5.07. The molecule has 0 aliphatic heterocycles. The Morgan fingerprint density at radius 3 is 2.75 bits per heavy atom. The van der Waals surface area contributed by atoms with Crippen LogP contribution in [0.2, 0.25) is 5.15 Å². The summed E-state index contributed by atoms with van der Waals surface area (Å²) >= 11 is 7.63. The van der Waals surface area contributed by atoms with Crippen molar-refractivity contribution < 1.29 is 0 Å². The lowest BCUT2D eigenvalue weighted by Crippen LogP contribution is -2.02. The molecule has 4 nitrogen and oxygen atoms in total. The second kappa shape index (κ2) is 5.04. The molecule has 0 radical (unpaired) electrons. The highest BCUT2D eigenvalue weighted by atomic mass is 35.5. The average molecular weight is 307 g/mol. The maximum Gasteiger partial charge on any atom is 0.191 e. The summed E-state index contributed by atoms with van der Waals surface area (Å²) in [7, 11) is 0. The van der Waals surface area contributed by atoms with Gasteiger partial charge in [-0.2, -0.15) is 0 Å². The van der Waals surface area contributed by atoms with E-state index in [0.717, 1.165) is 16.6 Å². The fourth-order valence-electron chi connectivity index (χ4n) is 2.35. The number of hydrogen-bond acceptors (Lipinski definition) is 4. The number of aromatic nitrogens is 4. The molecule has 2 fully saturated rings. The molecule has 0 saturated heterocycles. The van der Waals surface area contributed by atoms with Crippen LogP contribution in [0.25, 0.3) is 0 Å². The monoisotopic (exact) mass is 306 g/mol. The summed E-state index contributed by atoms with van der Waals surface area (Å²) in [5, 5.41) is 10.4. The summed E-state index contributed by atoms with van der Waals surface area (Å²) in [5.41, 5.74) is 0.987. The van der Waals surface area contributed by atoms with Crippen LogP contribution in [0.4, 0.5) is 0 Å². The van der Waals surface area contributed by atoms with Gasteiger partial charge >= 0.3 is 0 Å². The Bertz CT molecular complexity index is 634. The van der Waals surface area contributed by atoms with Gasteiger partial charge in [-0.3, -0.25) is 0 Å². The van der Waals surface area contributed by atoms with Gasteiger partial charge in [-0.1, -0.05) is 29.4 Å². The highest BCUT2D eigenvalue weighted by Gasteiger charge is 2.36. The quantitative estimate of drug-likeness (QED) is 0.622. The number of rotatable bonds is 5. The van der Waals surface area contributed by atoms with Gasteiger partial charge < -0.3 is 4.57 Å². The second-order valence-corrected chi connectivity index (χ2v) is 6.79. The summed E-state index contributed by atoms with van der Waals surface area (Å²) in [5.74, 6) is 2.64. The summed E-state index contributed by atoms with van der Waals surface area (Å²) in [4.78, 5) is 4.32. The number of nitrogens with zero attached hydrogens (tertiary/aromatic N) is 4. The summed E-state index contributed by atoms with van der Waals surface area (Å²) in [6.45, 7) is 0. The van der Waals surface area contributed by atoms with Crippen LogP contribution in [-0.4, -0.2) is 19.7 Å². The molecule has 0 N–H and O–H groups in total. The molecule has 2 aliphatic carbocycles.